The summed E-state index contributed by atoms with van der Waals surface area (Å²) in [7, 11) is -5.09. The summed E-state index contributed by atoms with van der Waals surface area (Å²) in [5.41, 5.74) is 4.31. The lowest BCUT2D eigenvalue weighted by atomic mass is 10.1. The Morgan fingerprint density at radius 1 is 0.917 bits per heavy atom. The minimum Gasteiger partial charge on any atom is -0.207 e. The Balaban J connectivity index is 1.99. The van der Waals surface area contributed by atoms with E-state index in [1.807, 2.05) is 36.4 Å². The number of nitrogens with zero attached hydrogens (tertiary/aromatic N) is 1. The van der Waals surface area contributed by atoms with Gasteiger partial charge >= 0.3 is 0 Å². The van der Waals surface area contributed by atoms with Crippen LogP contribution in [0.5, 0.6) is 0 Å². The predicted molar refractivity (Wildman–Crippen MR) is 99.6 cm³/mol. The number of hydrogen-bond acceptors (Lipinski definition) is 2. The van der Waals surface area contributed by atoms with Gasteiger partial charge in [0.05, 0.1) is 10.9 Å². The molecular formula is C19H21NO2SSi. The van der Waals surface area contributed by atoms with Crippen molar-refractivity contribution in [2.45, 2.75) is 36.6 Å². The highest BCUT2D eigenvalue weighted by Crippen LogP contribution is 2.47. The molecule has 1 aliphatic rings. The van der Waals surface area contributed by atoms with Crippen LogP contribution in [0.2, 0.25) is 19.6 Å². The highest BCUT2D eigenvalue weighted by atomic mass is 32.2. The fraction of sp³-hybridized carbons (Fsp3) is 0.263. The normalized spacial score (nSPS) is 23.2. The van der Waals surface area contributed by atoms with E-state index in [1.165, 1.54) is 4.31 Å². The van der Waals surface area contributed by atoms with E-state index >= 15 is 0 Å². The molecule has 1 fully saturated rings. The molecule has 1 saturated heterocycles. The molecule has 2 aromatic carbocycles. The van der Waals surface area contributed by atoms with Crippen LogP contribution in [0.1, 0.15) is 11.6 Å². The van der Waals surface area contributed by atoms with E-state index in [-0.39, 0.29) is 12.1 Å². The van der Waals surface area contributed by atoms with Gasteiger partial charge in [0.2, 0.25) is 10.0 Å². The zero-order valence-corrected chi connectivity index (χ0v) is 15.9. The van der Waals surface area contributed by atoms with Gasteiger partial charge in [0.1, 0.15) is 14.1 Å². The molecule has 0 amide bonds. The second-order valence-corrected chi connectivity index (χ2v) is 13.6. The maximum absolute atomic E-state index is 13.0. The van der Waals surface area contributed by atoms with Gasteiger partial charge in [-0.25, -0.2) is 8.42 Å². The van der Waals surface area contributed by atoms with Crippen molar-refractivity contribution >= 4 is 18.1 Å². The van der Waals surface area contributed by atoms with Gasteiger partial charge in [0, 0.05) is 0 Å². The highest BCUT2D eigenvalue weighted by molar-refractivity contribution is 7.89. The van der Waals surface area contributed by atoms with E-state index in [0.717, 1.165) is 5.56 Å². The zero-order valence-electron chi connectivity index (χ0n) is 14.1. The van der Waals surface area contributed by atoms with Crippen molar-refractivity contribution in [2.24, 2.45) is 0 Å². The molecule has 0 N–H and O–H groups in total. The third-order valence-electron chi connectivity index (χ3n) is 3.81. The van der Waals surface area contributed by atoms with Crippen molar-refractivity contribution in [1.29, 1.82) is 0 Å². The lowest BCUT2D eigenvalue weighted by Gasteiger charge is -2.06. The Kier molecular flexibility index (Phi) is 4.39. The van der Waals surface area contributed by atoms with Crippen molar-refractivity contribution < 1.29 is 8.42 Å². The van der Waals surface area contributed by atoms with Crippen LogP contribution in [-0.4, -0.2) is 26.8 Å². The monoisotopic (exact) mass is 355 g/mol. The van der Waals surface area contributed by atoms with Crippen molar-refractivity contribution in [3.8, 4) is 11.5 Å². The summed E-state index contributed by atoms with van der Waals surface area (Å²) in [6.07, 6.45) is 0. The predicted octanol–water partition coefficient (Wildman–Crippen LogP) is 3.68. The molecule has 2 aromatic rings. The Morgan fingerprint density at radius 2 is 1.46 bits per heavy atom. The largest absolute Gasteiger partial charge is 0.244 e. The summed E-state index contributed by atoms with van der Waals surface area (Å²) in [5, 5.41) is 0. The summed E-state index contributed by atoms with van der Waals surface area (Å²) in [6, 6.07) is 17.9. The van der Waals surface area contributed by atoms with E-state index < -0.39 is 18.1 Å². The SMILES string of the molecule is C[Si](C)(C)C#C[C@@H]1[C@H](c2ccccc2)N1S(=O)(=O)c1ccccc1. The Bertz CT molecular complexity index is 878. The molecule has 3 atom stereocenters. The van der Waals surface area contributed by atoms with E-state index in [2.05, 4.69) is 31.1 Å². The molecule has 0 bridgehead atoms. The van der Waals surface area contributed by atoms with Crippen molar-refractivity contribution in [3.63, 3.8) is 0 Å². The molecule has 124 valence electrons. The lowest BCUT2D eigenvalue weighted by Crippen LogP contribution is -2.18. The molecule has 1 aliphatic heterocycles. The van der Waals surface area contributed by atoms with Gasteiger partial charge in [0.15, 0.2) is 0 Å². The average Bonchev–Trinajstić information content (AvgIpc) is 3.29. The molecule has 0 spiro atoms. The summed E-state index contributed by atoms with van der Waals surface area (Å²) in [4.78, 5) is 0.322. The molecule has 3 nitrogen and oxygen atoms in total. The Hall–Kier alpha value is -1.87. The first kappa shape index (κ1) is 17.0. The first-order valence-corrected chi connectivity index (χ1v) is 12.9. The van der Waals surface area contributed by atoms with Crippen LogP contribution in [0.25, 0.3) is 0 Å². The van der Waals surface area contributed by atoms with E-state index in [1.54, 1.807) is 24.3 Å². The third kappa shape index (κ3) is 3.46. The van der Waals surface area contributed by atoms with Crippen molar-refractivity contribution in [1.82, 2.24) is 4.31 Å². The van der Waals surface area contributed by atoms with Gasteiger partial charge in [-0.1, -0.05) is 74.1 Å². The Morgan fingerprint density at radius 3 is 2.00 bits per heavy atom. The summed E-state index contributed by atoms with van der Waals surface area (Å²) in [5.74, 6) is 3.23. The molecule has 0 saturated carbocycles. The highest BCUT2D eigenvalue weighted by Gasteiger charge is 2.55. The quantitative estimate of drug-likeness (QED) is 0.478. The van der Waals surface area contributed by atoms with Crippen LogP contribution in [0.15, 0.2) is 65.6 Å². The summed E-state index contributed by atoms with van der Waals surface area (Å²) >= 11 is 0. The minimum atomic E-state index is -3.53. The molecular weight excluding hydrogens is 334 g/mol. The summed E-state index contributed by atoms with van der Waals surface area (Å²) < 4.78 is 27.5. The maximum atomic E-state index is 13.0. The van der Waals surface area contributed by atoms with Crippen LogP contribution >= 0.6 is 0 Å². The van der Waals surface area contributed by atoms with Crippen LogP contribution in [0.3, 0.4) is 0 Å². The van der Waals surface area contributed by atoms with Crippen LogP contribution < -0.4 is 0 Å². The number of rotatable bonds is 3. The van der Waals surface area contributed by atoms with Gasteiger partial charge in [-0.2, -0.15) is 4.31 Å². The standard InChI is InChI=1S/C19H21NO2SSi/c1-24(2,3)15-14-18-19(16-10-6-4-7-11-16)20(18)23(21,22)17-12-8-5-9-13-17/h4-13,18-19H,1-3H3/t18-,19+,20?/m1/s1. The molecule has 1 heterocycles. The number of sulfonamides is 1. The zero-order chi connectivity index (χ0) is 17.4. The number of hydrogen-bond donors (Lipinski definition) is 0. The topological polar surface area (TPSA) is 37.1 Å². The van der Waals surface area contributed by atoms with E-state index in [9.17, 15) is 8.42 Å². The summed E-state index contributed by atoms with van der Waals surface area (Å²) in [6.45, 7) is 6.49. The molecule has 0 aromatic heterocycles. The van der Waals surface area contributed by atoms with E-state index in [4.69, 9.17) is 0 Å². The second kappa shape index (κ2) is 6.21. The van der Waals surface area contributed by atoms with E-state index in [0.29, 0.717) is 4.90 Å². The van der Waals surface area contributed by atoms with Gasteiger partial charge < -0.3 is 0 Å². The van der Waals surface area contributed by atoms with Gasteiger partial charge in [0.25, 0.3) is 0 Å². The fourth-order valence-electron chi connectivity index (χ4n) is 2.64. The molecule has 3 rings (SSSR count). The molecule has 5 heteroatoms. The molecule has 0 radical (unpaired) electrons. The molecule has 1 unspecified atom stereocenters. The first-order chi connectivity index (χ1) is 11.3. The lowest BCUT2D eigenvalue weighted by molar-refractivity contribution is 0.551. The Labute approximate surface area is 145 Å². The van der Waals surface area contributed by atoms with Crippen LogP contribution in [0, 0.1) is 11.5 Å². The van der Waals surface area contributed by atoms with Gasteiger partial charge in [-0.15, -0.1) is 5.54 Å². The first-order valence-electron chi connectivity index (χ1n) is 7.97. The van der Waals surface area contributed by atoms with Gasteiger partial charge in [-0.3, -0.25) is 0 Å². The molecule has 0 aliphatic carbocycles. The van der Waals surface area contributed by atoms with Crippen LogP contribution in [-0.2, 0) is 10.0 Å². The maximum Gasteiger partial charge on any atom is 0.244 e. The fourth-order valence-corrected chi connectivity index (χ4v) is 4.91. The third-order valence-corrected chi connectivity index (χ3v) is 6.58. The van der Waals surface area contributed by atoms with Gasteiger partial charge in [-0.05, 0) is 17.7 Å². The number of benzene rings is 2. The molecule has 24 heavy (non-hydrogen) atoms. The minimum absolute atomic E-state index is 0.194. The average molecular weight is 356 g/mol. The smallest absolute Gasteiger partial charge is 0.207 e. The van der Waals surface area contributed by atoms with Crippen molar-refractivity contribution in [3.05, 3.63) is 66.2 Å². The van der Waals surface area contributed by atoms with Crippen LogP contribution in [0.4, 0.5) is 0 Å². The second-order valence-electron chi connectivity index (χ2n) is 6.97. The van der Waals surface area contributed by atoms with Crippen molar-refractivity contribution in [2.75, 3.05) is 0 Å².